The number of thioether (sulfide) groups is 1. The van der Waals surface area contributed by atoms with Crippen LogP contribution in [0.2, 0.25) is 0 Å². The number of carbonyl (C=O) groups is 1. The first-order chi connectivity index (χ1) is 13.7. The van der Waals surface area contributed by atoms with Crippen molar-refractivity contribution in [2.75, 3.05) is 30.9 Å². The number of amides is 1. The number of hydrogen-bond donors (Lipinski definition) is 2. The van der Waals surface area contributed by atoms with Crippen molar-refractivity contribution in [3.8, 4) is 5.75 Å². The van der Waals surface area contributed by atoms with Crippen molar-refractivity contribution in [2.24, 2.45) is 0 Å². The summed E-state index contributed by atoms with van der Waals surface area (Å²) in [6, 6.07) is 13.2. The summed E-state index contributed by atoms with van der Waals surface area (Å²) in [6.45, 7) is 1.74. The van der Waals surface area contributed by atoms with Gasteiger partial charge in [-0.05, 0) is 54.8 Å². The third-order valence-electron chi connectivity index (χ3n) is 5.55. The molecule has 2 N–H and O–H groups in total. The Morgan fingerprint density at radius 3 is 2.96 bits per heavy atom. The summed E-state index contributed by atoms with van der Waals surface area (Å²) in [6.07, 6.45) is 3.74. The van der Waals surface area contributed by atoms with Crippen LogP contribution >= 0.6 is 11.8 Å². The third-order valence-corrected chi connectivity index (χ3v) is 6.53. The molecule has 2 aliphatic heterocycles. The monoisotopic (exact) mass is 397 g/mol. The van der Waals surface area contributed by atoms with E-state index >= 15 is 0 Å². The standard InChI is InChI=1S/C22H27N3O2S/c1-25-20-11-16(21(27-2)12-17(20)14-28-22(25)26)13-24-18-7-5-6-15(10-18)19-8-3-4-9-23-19/h5-7,10-12,19,23-24H,3-4,8-9,13-14H2,1-2H3/t19-/m0/s1. The summed E-state index contributed by atoms with van der Waals surface area (Å²) in [5.41, 5.74) is 5.60. The number of anilines is 2. The minimum atomic E-state index is 0.0873. The normalized spacial score (nSPS) is 19.3. The number of carbonyl (C=O) groups excluding carboxylic acids is 1. The SMILES string of the molecule is COc1cc2c(cc1CNc1cccc([C@@H]3CCCCN3)c1)N(C)C(=O)SC2. The van der Waals surface area contributed by atoms with Crippen LogP contribution in [-0.2, 0) is 12.3 Å². The average molecular weight is 398 g/mol. The minimum absolute atomic E-state index is 0.0873. The zero-order valence-corrected chi connectivity index (χ0v) is 17.3. The molecule has 0 unspecified atom stereocenters. The predicted octanol–water partition coefficient (Wildman–Crippen LogP) is 4.92. The Morgan fingerprint density at radius 1 is 1.29 bits per heavy atom. The number of fused-ring (bicyclic) bond motifs is 1. The summed E-state index contributed by atoms with van der Waals surface area (Å²) in [4.78, 5) is 13.7. The van der Waals surface area contributed by atoms with Gasteiger partial charge in [-0.2, -0.15) is 0 Å². The first kappa shape index (κ1) is 19.2. The van der Waals surface area contributed by atoms with E-state index in [-0.39, 0.29) is 5.24 Å². The fourth-order valence-electron chi connectivity index (χ4n) is 3.94. The van der Waals surface area contributed by atoms with Gasteiger partial charge < -0.3 is 20.3 Å². The molecule has 1 saturated heterocycles. The molecule has 6 heteroatoms. The number of rotatable bonds is 5. The lowest BCUT2D eigenvalue weighted by atomic mass is 9.97. The second-order valence-electron chi connectivity index (χ2n) is 7.39. The Labute approximate surface area is 170 Å². The number of hydrogen-bond acceptors (Lipinski definition) is 5. The lowest BCUT2D eigenvalue weighted by Crippen LogP contribution is -2.27. The topological polar surface area (TPSA) is 53.6 Å². The molecule has 2 aliphatic rings. The lowest BCUT2D eigenvalue weighted by molar-refractivity contribution is 0.266. The zero-order chi connectivity index (χ0) is 19.5. The van der Waals surface area contributed by atoms with Gasteiger partial charge in [0, 0.05) is 42.3 Å². The van der Waals surface area contributed by atoms with E-state index in [0.29, 0.717) is 18.3 Å². The molecule has 4 rings (SSSR count). The Hall–Kier alpha value is -2.18. The molecule has 5 nitrogen and oxygen atoms in total. The van der Waals surface area contributed by atoms with Gasteiger partial charge in [0.05, 0.1) is 7.11 Å². The van der Waals surface area contributed by atoms with Crippen molar-refractivity contribution >= 4 is 28.4 Å². The molecule has 0 bridgehead atoms. The van der Waals surface area contributed by atoms with Gasteiger partial charge in [-0.3, -0.25) is 4.79 Å². The van der Waals surface area contributed by atoms with E-state index in [9.17, 15) is 4.79 Å². The van der Waals surface area contributed by atoms with Crippen LogP contribution in [0.4, 0.5) is 16.2 Å². The van der Waals surface area contributed by atoms with E-state index in [4.69, 9.17) is 4.74 Å². The third kappa shape index (κ3) is 3.98. The molecule has 0 aliphatic carbocycles. The largest absolute Gasteiger partial charge is 0.496 e. The highest BCUT2D eigenvalue weighted by molar-refractivity contribution is 8.13. The molecule has 28 heavy (non-hydrogen) atoms. The highest BCUT2D eigenvalue weighted by atomic mass is 32.2. The van der Waals surface area contributed by atoms with Gasteiger partial charge in [0.2, 0.25) is 0 Å². The van der Waals surface area contributed by atoms with Crippen molar-refractivity contribution in [1.82, 2.24) is 5.32 Å². The lowest BCUT2D eigenvalue weighted by Gasteiger charge is -2.27. The Morgan fingerprint density at radius 2 is 2.18 bits per heavy atom. The number of piperidine rings is 1. The molecule has 2 aromatic rings. The van der Waals surface area contributed by atoms with Crippen molar-refractivity contribution < 1.29 is 9.53 Å². The number of nitrogens with zero attached hydrogens (tertiary/aromatic N) is 1. The van der Waals surface area contributed by atoms with E-state index in [1.54, 1.807) is 12.0 Å². The van der Waals surface area contributed by atoms with Crippen LogP contribution in [0, 0.1) is 0 Å². The van der Waals surface area contributed by atoms with Crippen LogP contribution in [0.15, 0.2) is 36.4 Å². The average Bonchev–Trinajstić information content (AvgIpc) is 2.75. The molecular weight excluding hydrogens is 370 g/mol. The van der Waals surface area contributed by atoms with Crippen LogP contribution in [0.25, 0.3) is 0 Å². The van der Waals surface area contributed by atoms with E-state index < -0.39 is 0 Å². The minimum Gasteiger partial charge on any atom is -0.496 e. The second kappa shape index (κ2) is 8.45. The van der Waals surface area contributed by atoms with Crippen LogP contribution in [0.5, 0.6) is 5.75 Å². The van der Waals surface area contributed by atoms with Crippen molar-refractivity contribution in [3.63, 3.8) is 0 Å². The Kier molecular flexibility index (Phi) is 5.78. The van der Waals surface area contributed by atoms with E-state index in [1.807, 2.05) is 7.05 Å². The second-order valence-corrected chi connectivity index (χ2v) is 8.31. The van der Waals surface area contributed by atoms with Gasteiger partial charge in [-0.1, -0.05) is 30.3 Å². The quantitative estimate of drug-likeness (QED) is 0.750. The van der Waals surface area contributed by atoms with Gasteiger partial charge in [-0.25, -0.2) is 0 Å². The molecular formula is C22H27N3O2S. The maximum absolute atomic E-state index is 12.0. The molecule has 0 spiro atoms. The maximum atomic E-state index is 12.0. The van der Waals surface area contributed by atoms with E-state index in [1.165, 1.54) is 36.6 Å². The molecule has 0 radical (unpaired) electrons. The number of ether oxygens (including phenoxy) is 1. The predicted molar refractivity (Wildman–Crippen MR) is 116 cm³/mol. The highest BCUT2D eigenvalue weighted by Crippen LogP contribution is 2.37. The van der Waals surface area contributed by atoms with E-state index in [2.05, 4.69) is 47.0 Å². The molecule has 1 fully saturated rings. The number of methoxy groups -OCH3 is 1. The Balaban J connectivity index is 1.52. The molecule has 1 amide bonds. The fraction of sp³-hybridized carbons (Fsp3) is 0.409. The van der Waals surface area contributed by atoms with Crippen LogP contribution in [-0.4, -0.2) is 25.9 Å². The Bertz CT molecular complexity index is 865. The van der Waals surface area contributed by atoms with E-state index in [0.717, 1.165) is 34.8 Å². The molecule has 2 heterocycles. The summed E-state index contributed by atoms with van der Waals surface area (Å²) in [7, 11) is 3.53. The molecule has 1 atom stereocenters. The highest BCUT2D eigenvalue weighted by Gasteiger charge is 2.23. The summed E-state index contributed by atoms with van der Waals surface area (Å²) < 4.78 is 5.62. The summed E-state index contributed by atoms with van der Waals surface area (Å²) in [5.74, 6) is 1.55. The fourth-order valence-corrected chi connectivity index (χ4v) is 4.75. The van der Waals surface area contributed by atoms with Crippen LogP contribution in [0.1, 0.15) is 42.0 Å². The maximum Gasteiger partial charge on any atom is 0.286 e. The van der Waals surface area contributed by atoms with Gasteiger partial charge in [-0.15, -0.1) is 0 Å². The smallest absolute Gasteiger partial charge is 0.286 e. The summed E-state index contributed by atoms with van der Waals surface area (Å²) >= 11 is 1.33. The van der Waals surface area contributed by atoms with Gasteiger partial charge in [0.15, 0.2) is 0 Å². The van der Waals surface area contributed by atoms with Gasteiger partial charge in [0.25, 0.3) is 5.24 Å². The van der Waals surface area contributed by atoms with Gasteiger partial charge in [0.1, 0.15) is 5.75 Å². The first-order valence-corrected chi connectivity index (χ1v) is 10.8. The summed E-state index contributed by atoms with van der Waals surface area (Å²) in [5, 5.41) is 7.23. The molecule has 148 valence electrons. The number of benzene rings is 2. The molecule has 0 aromatic heterocycles. The van der Waals surface area contributed by atoms with Crippen LogP contribution in [0.3, 0.4) is 0 Å². The molecule has 2 aromatic carbocycles. The van der Waals surface area contributed by atoms with Gasteiger partial charge >= 0.3 is 0 Å². The van der Waals surface area contributed by atoms with Crippen LogP contribution < -0.4 is 20.3 Å². The van der Waals surface area contributed by atoms with Crippen molar-refractivity contribution in [3.05, 3.63) is 53.1 Å². The first-order valence-electron chi connectivity index (χ1n) is 9.83. The van der Waals surface area contributed by atoms with Crippen molar-refractivity contribution in [2.45, 2.75) is 37.6 Å². The van der Waals surface area contributed by atoms with Crippen molar-refractivity contribution in [1.29, 1.82) is 0 Å². The molecule has 0 saturated carbocycles. The number of nitrogens with one attached hydrogen (secondary N) is 2. The zero-order valence-electron chi connectivity index (χ0n) is 16.5.